The van der Waals surface area contributed by atoms with Gasteiger partial charge in [0, 0.05) is 0 Å². The number of nitrogens with one attached hydrogen (secondary N) is 1. The average molecular weight is 318 g/mol. The van der Waals surface area contributed by atoms with Crippen LogP contribution in [0.3, 0.4) is 0 Å². The number of carbonyl (C=O) groups is 1. The SMILES string of the molecule is CC(O[Si](C)(C)C(C)(C)C)C1C(=O)NC1O[Si](C)(C)C. The van der Waals surface area contributed by atoms with Crippen LogP contribution in [-0.4, -0.2) is 34.9 Å². The van der Waals surface area contributed by atoms with Crippen molar-refractivity contribution in [2.24, 2.45) is 5.92 Å². The van der Waals surface area contributed by atoms with Crippen molar-refractivity contribution >= 4 is 22.5 Å². The lowest BCUT2D eigenvalue weighted by molar-refractivity contribution is -0.151. The van der Waals surface area contributed by atoms with Crippen LogP contribution in [0.25, 0.3) is 0 Å². The van der Waals surface area contributed by atoms with Crippen LogP contribution in [0.4, 0.5) is 0 Å². The molecule has 1 aliphatic rings. The third-order valence-electron chi connectivity index (χ3n) is 4.19. The second-order valence-electron chi connectivity index (χ2n) is 8.27. The van der Waals surface area contributed by atoms with E-state index in [0.717, 1.165) is 0 Å². The van der Waals surface area contributed by atoms with Gasteiger partial charge in [0.15, 0.2) is 16.6 Å². The smallest absolute Gasteiger partial charge is 0.232 e. The summed E-state index contributed by atoms with van der Waals surface area (Å²) < 4.78 is 12.4. The maximum absolute atomic E-state index is 11.9. The quantitative estimate of drug-likeness (QED) is 0.625. The lowest BCUT2D eigenvalue weighted by atomic mass is 9.94. The summed E-state index contributed by atoms with van der Waals surface area (Å²) in [6.45, 7) is 19.5. The fraction of sp³-hybridized carbons (Fsp3) is 0.929. The van der Waals surface area contributed by atoms with Crippen molar-refractivity contribution < 1.29 is 13.6 Å². The van der Waals surface area contributed by atoms with E-state index >= 15 is 0 Å². The molecule has 0 bridgehead atoms. The molecule has 0 aromatic carbocycles. The highest BCUT2D eigenvalue weighted by atomic mass is 28.4. The summed E-state index contributed by atoms with van der Waals surface area (Å²) in [6, 6.07) is 0. The van der Waals surface area contributed by atoms with E-state index in [0.29, 0.717) is 0 Å². The molecular weight excluding hydrogens is 286 g/mol. The molecule has 1 amide bonds. The minimum absolute atomic E-state index is 0.0551. The Morgan fingerprint density at radius 1 is 1.15 bits per heavy atom. The van der Waals surface area contributed by atoms with Crippen LogP contribution >= 0.6 is 0 Å². The van der Waals surface area contributed by atoms with E-state index in [9.17, 15) is 4.79 Å². The van der Waals surface area contributed by atoms with Crippen LogP contribution in [0.15, 0.2) is 0 Å². The van der Waals surface area contributed by atoms with Crippen LogP contribution in [0, 0.1) is 5.92 Å². The molecule has 6 heteroatoms. The number of hydrogen-bond acceptors (Lipinski definition) is 3. The van der Waals surface area contributed by atoms with Crippen molar-refractivity contribution in [3.8, 4) is 0 Å². The lowest BCUT2D eigenvalue weighted by Crippen LogP contribution is -2.66. The fourth-order valence-electron chi connectivity index (χ4n) is 2.03. The number of β-lactam (4-membered cyclic amide) rings is 1. The molecule has 1 fully saturated rings. The number of hydrogen-bond donors (Lipinski definition) is 1. The molecule has 118 valence electrons. The third kappa shape index (κ3) is 4.16. The Labute approximate surface area is 125 Å². The zero-order valence-corrected chi connectivity index (χ0v) is 16.5. The van der Waals surface area contributed by atoms with Crippen molar-refractivity contribution in [3.63, 3.8) is 0 Å². The van der Waals surface area contributed by atoms with Gasteiger partial charge in [-0.15, -0.1) is 0 Å². The molecule has 0 aliphatic carbocycles. The molecule has 0 radical (unpaired) electrons. The van der Waals surface area contributed by atoms with Crippen LogP contribution in [-0.2, 0) is 13.6 Å². The maximum atomic E-state index is 11.9. The summed E-state index contributed by atoms with van der Waals surface area (Å²) in [5.74, 6) is -0.115. The van der Waals surface area contributed by atoms with E-state index in [4.69, 9.17) is 8.85 Å². The average Bonchev–Trinajstić information content (AvgIpc) is 2.10. The van der Waals surface area contributed by atoms with Crippen LogP contribution in [0.2, 0.25) is 37.8 Å². The topological polar surface area (TPSA) is 47.6 Å². The van der Waals surface area contributed by atoms with Crippen molar-refractivity contribution in [2.45, 2.75) is 77.8 Å². The van der Waals surface area contributed by atoms with Crippen molar-refractivity contribution in [1.82, 2.24) is 5.32 Å². The monoisotopic (exact) mass is 317 g/mol. The summed E-state index contributed by atoms with van der Waals surface area (Å²) in [4.78, 5) is 11.9. The molecule has 1 heterocycles. The number of carbonyl (C=O) groups excluding carboxylic acids is 1. The Balaban J connectivity index is 2.71. The third-order valence-corrected chi connectivity index (χ3v) is 9.72. The molecule has 1 N–H and O–H groups in total. The van der Waals surface area contributed by atoms with E-state index in [1.807, 2.05) is 6.92 Å². The Hall–Kier alpha value is -0.176. The van der Waals surface area contributed by atoms with Crippen LogP contribution in [0.5, 0.6) is 0 Å². The Morgan fingerprint density at radius 3 is 2.00 bits per heavy atom. The Morgan fingerprint density at radius 2 is 1.65 bits per heavy atom. The van der Waals surface area contributed by atoms with Gasteiger partial charge >= 0.3 is 0 Å². The summed E-state index contributed by atoms with van der Waals surface area (Å²) in [5.41, 5.74) is 0. The summed E-state index contributed by atoms with van der Waals surface area (Å²) in [7, 11) is -3.52. The van der Waals surface area contributed by atoms with E-state index in [1.165, 1.54) is 0 Å². The first-order chi connectivity index (χ1) is 8.74. The second kappa shape index (κ2) is 5.55. The largest absolute Gasteiger partial charge is 0.413 e. The Kier molecular flexibility index (Phi) is 4.96. The first kappa shape index (κ1) is 17.9. The molecular formula is C14H31NO3Si2. The fourth-order valence-corrected chi connectivity index (χ4v) is 4.42. The lowest BCUT2D eigenvalue weighted by Gasteiger charge is -2.46. The van der Waals surface area contributed by atoms with E-state index in [-0.39, 0.29) is 29.2 Å². The molecule has 1 rings (SSSR count). The number of rotatable bonds is 5. The van der Waals surface area contributed by atoms with Gasteiger partial charge in [-0.2, -0.15) is 0 Å². The van der Waals surface area contributed by atoms with E-state index in [1.54, 1.807) is 0 Å². The summed E-state index contributed by atoms with van der Waals surface area (Å²) >= 11 is 0. The van der Waals surface area contributed by atoms with Gasteiger partial charge in [0.2, 0.25) is 5.91 Å². The normalized spacial score (nSPS) is 25.9. The molecule has 0 aromatic rings. The molecule has 20 heavy (non-hydrogen) atoms. The predicted octanol–water partition coefficient (Wildman–Crippen LogP) is 3.32. The van der Waals surface area contributed by atoms with Gasteiger partial charge in [0.25, 0.3) is 0 Å². The molecule has 0 saturated carbocycles. The molecule has 1 aliphatic heterocycles. The highest BCUT2D eigenvalue weighted by Gasteiger charge is 2.49. The molecule has 0 aromatic heterocycles. The van der Waals surface area contributed by atoms with Gasteiger partial charge in [-0.25, -0.2) is 0 Å². The second-order valence-corrected chi connectivity index (χ2v) is 17.5. The van der Waals surface area contributed by atoms with Gasteiger partial charge in [-0.3, -0.25) is 4.79 Å². The molecule has 0 spiro atoms. The minimum atomic E-state index is -1.86. The minimum Gasteiger partial charge on any atom is -0.413 e. The highest BCUT2D eigenvalue weighted by Crippen LogP contribution is 2.39. The van der Waals surface area contributed by atoms with E-state index in [2.05, 4.69) is 58.8 Å². The van der Waals surface area contributed by atoms with Crippen molar-refractivity contribution in [3.05, 3.63) is 0 Å². The summed E-state index contributed by atoms with van der Waals surface area (Å²) in [6.07, 6.45) is -0.264. The predicted molar refractivity (Wildman–Crippen MR) is 87.6 cm³/mol. The van der Waals surface area contributed by atoms with Gasteiger partial charge in [0.05, 0.1) is 6.10 Å². The van der Waals surface area contributed by atoms with Crippen molar-refractivity contribution in [2.75, 3.05) is 0 Å². The summed E-state index contributed by atoms with van der Waals surface area (Å²) in [5, 5.41) is 3.01. The standard InChI is InChI=1S/C14H31NO3Si2/c1-10(17-20(8,9)14(2,3)4)11-12(16)15-13(11)18-19(5,6)7/h10-11,13H,1-9H3,(H,15,16). The molecule has 1 saturated heterocycles. The Bertz CT molecular complexity index is 372. The van der Waals surface area contributed by atoms with Crippen LogP contribution in [0.1, 0.15) is 27.7 Å². The zero-order chi connectivity index (χ0) is 15.9. The first-order valence-electron chi connectivity index (χ1n) is 7.41. The molecule has 4 nitrogen and oxygen atoms in total. The van der Waals surface area contributed by atoms with Gasteiger partial charge < -0.3 is 14.2 Å². The van der Waals surface area contributed by atoms with Gasteiger partial charge in [0.1, 0.15) is 12.1 Å². The van der Waals surface area contributed by atoms with Gasteiger partial charge in [-0.1, -0.05) is 20.8 Å². The highest BCUT2D eigenvalue weighted by molar-refractivity contribution is 6.74. The zero-order valence-electron chi connectivity index (χ0n) is 14.5. The molecule has 3 unspecified atom stereocenters. The van der Waals surface area contributed by atoms with Crippen molar-refractivity contribution in [1.29, 1.82) is 0 Å². The van der Waals surface area contributed by atoms with Gasteiger partial charge in [-0.05, 0) is 44.7 Å². The number of amides is 1. The van der Waals surface area contributed by atoms with E-state index < -0.39 is 16.6 Å². The maximum Gasteiger partial charge on any atom is 0.232 e. The van der Waals surface area contributed by atoms with Crippen LogP contribution < -0.4 is 5.32 Å². The first-order valence-corrected chi connectivity index (χ1v) is 13.7. The molecule has 3 atom stereocenters.